The van der Waals surface area contributed by atoms with Crippen molar-refractivity contribution in [3.05, 3.63) is 93.8 Å². The molecule has 4 rings (SSSR count). The summed E-state index contributed by atoms with van der Waals surface area (Å²) in [4.78, 5) is 16.6. The topological polar surface area (TPSA) is 48.4 Å². The highest BCUT2D eigenvalue weighted by Crippen LogP contribution is 2.44. The van der Waals surface area contributed by atoms with Crippen molar-refractivity contribution >= 4 is 17.1 Å². The molecule has 1 aliphatic rings. The van der Waals surface area contributed by atoms with Crippen molar-refractivity contribution in [1.82, 2.24) is 4.98 Å². The van der Waals surface area contributed by atoms with Crippen molar-refractivity contribution in [2.75, 3.05) is 6.61 Å². The predicted molar refractivity (Wildman–Crippen MR) is 133 cm³/mol. The van der Waals surface area contributed by atoms with Crippen LogP contribution in [0.2, 0.25) is 0 Å². The van der Waals surface area contributed by atoms with Crippen molar-refractivity contribution in [1.29, 1.82) is 0 Å². The molecule has 0 atom stereocenters. The van der Waals surface area contributed by atoms with Gasteiger partial charge in [0.25, 0.3) is 0 Å². The van der Waals surface area contributed by atoms with E-state index >= 15 is 0 Å². The van der Waals surface area contributed by atoms with E-state index in [4.69, 9.17) is 9.47 Å². The van der Waals surface area contributed by atoms with Crippen LogP contribution in [0.5, 0.6) is 5.75 Å². The van der Waals surface area contributed by atoms with Gasteiger partial charge < -0.3 is 9.47 Å². The van der Waals surface area contributed by atoms with E-state index in [0.29, 0.717) is 36.0 Å². The second-order valence-electron chi connectivity index (χ2n) is 9.10. The Morgan fingerprint density at radius 3 is 2.12 bits per heavy atom. The van der Waals surface area contributed by atoms with Crippen molar-refractivity contribution in [3.8, 4) is 5.75 Å². The largest absolute Gasteiger partial charge is 0.488 e. The van der Waals surface area contributed by atoms with E-state index in [0.717, 1.165) is 24.3 Å². The van der Waals surface area contributed by atoms with Gasteiger partial charge in [0.15, 0.2) is 0 Å². The first-order chi connectivity index (χ1) is 18.9. The van der Waals surface area contributed by atoms with Gasteiger partial charge >= 0.3 is 18.3 Å². The van der Waals surface area contributed by atoms with Crippen LogP contribution in [0.4, 0.5) is 30.7 Å². The number of hydrogen-bond donors (Lipinski definition) is 0. The van der Waals surface area contributed by atoms with Crippen molar-refractivity contribution in [2.24, 2.45) is 0 Å². The van der Waals surface area contributed by atoms with Crippen molar-refractivity contribution in [2.45, 2.75) is 51.8 Å². The molecule has 0 N–H and O–H groups in total. The molecule has 0 unspecified atom stereocenters. The molecule has 0 fully saturated rings. The van der Waals surface area contributed by atoms with Crippen LogP contribution in [0.25, 0.3) is 11.1 Å². The second-order valence-corrected chi connectivity index (χ2v) is 9.10. The molecule has 0 aliphatic heterocycles. The highest BCUT2D eigenvalue weighted by Gasteiger charge is 2.33. The summed E-state index contributed by atoms with van der Waals surface area (Å²) in [5.41, 5.74) is 0.0971. The SMILES string of the molecule is CCOC(=O)c1cc(CF)cc(C2=C(c3cc(C(F)(F)F)ccc3OCc3ccc(C(F)(F)F)cc3)CCC2)n1. The summed E-state index contributed by atoms with van der Waals surface area (Å²) < 4.78 is 104. The monoisotopic (exact) mass is 567 g/mol. The van der Waals surface area contributed by atoms with Gasteiger partial charge in [0.2, 0.25) is 0 Å². The predicted octanol–water partition coefficient (Wildman–Crippen LogP) is 8.44. The van der Waals surface area contributed by atoms with Crippen LogP contribution in [0.3, 0.4) is 0 Å². The lowest BCUT2D eigenvalue weighted by atomic mass is 9.96. The molecule has 2 aromatic carbocycles. The smallest absolute Gasteiger partial charge is 0.416 e. The minimum Gasteiger partial charge on any atom is -0.488 e. The third kappa shape index (κ3) is 6.63. The Bertz CT molecular complexity index is 1410. The Kier molecular flexibility index (Phi) is 8.51. The van der Waals surface area contributed by atoms with E-state index in [2.05, 4.69) is 4.98 Å². The minimum atomic E-state index is -4.65. The van der Waals surface area contributed by atoms with Gasteiger partial charge in [-0.25, -0.2) is 14.2 Å². The number of ether oxygens (including phenoxy) is 2. The van der Waals surface area contributed by atoms with Gasteiger partial charge in [0.05, 0.1) is 23.4 Å². The molecule has 4 nitrogen and oxygen atoms in total. The lowest BCUT2D eigenvalue weighted by molar-refractivity contribution is -0.138. The van der Waals surface area contributed by atoms with Crippen molar-refractivity contribution < 1.29 is 45.0 Å². The highest BCUT2D eigenvalue weighted by molar-refractivity contribution is 5.95. The van der Waals surface area contributed by atoms with Crippen LogP contribution in [-0.4, -0.2) is 17.6 Å². The second kappa shape index (κ2) is 11.7. The number of hydrogen-bond acceptors (Lipinski definition) is 4. The number of halogens is 7. The lowest BCUT2D eigenvalue weighted by Crippen LogP contribution is -2.10. The van der Waals surface area contributed by atoms with E-state index in [1.807, 2.05) is 0 Å². The Morgan fingerprint density at radius 2 is 1.50 bits per heavy atom. The van der Waals surface area contributed by atoms with E-state index in [1.54, 1.807) is 6.92 Å². The molecule has 0 saturated carbocycles. The number of allylic oxidation sites excluding steroid dienone is 2. The van der Waals surface area contributed by atoms with Crippen molar-refractivity contribution in [3.63, 3.8) is 0 Å². The molecule has 0 amide bonds. The van der Waals surface area contributed by atoms with Gasteiger partial charge in [-0.15, -0.1) is 0 Å². The Labute approximate surface area is 225 Å². The molecule has 3 aromatic rings. The van der Waals surface area contributed by atoms with Gasteiger partial charge in [-0.2, -0.15) is 26.3 Å². The van der Waals surface area contributed by atoms with Gasteiger partial charge in [-0.3, -0.25) is 0 Å². The molecule has 1 aromatic heterocycles. The highest BCUT2D eigenvalue weighted by atomic mass is 19.4. The summed E-state index contributed by atoms with van der Waals surface area (Å²) in [6.07, 6.45) is -7.82. The Balaban J connectivity index is 1.76. The Morgan fingerprint density at radius 1 is 0.850 bits per heavy atom. The molecule has 40 heavy (non-hydrogen) atoms. The maximum atomic E-state index is 13.7. The summed E-state index contributed by atoms with van der Waals surface area (Å²) in [7, 11) is 0. The average Bonchev–Trinajstić information content (AvgIpc) is 3.41. The zero-order valence-electron chi connectivity index (χ0n) is 21.3. The molecular weight excluding hydrogens is 543 g/mol. The number of aromatic nitrogens is 1. The maximum Gasteiger partial charge on any atom is 0.416 e. The molecule has 0 spiro atoms. The molecule has 0 bridgehead atoms. The molecule has 0 radical (unpaired) electrons. The molecule has 1 heterocycles. The first-order valence-corrected chi connectivity index (χ1v) is 12.4. The number of benzene rings is 2. The maximum absolute atomic E-state index is 13.7. The fourth-order valence-corrected chi connectivity index (χ4v) is 4.47. The molecule has 212 valence electrons. The number of alkyl halides is 7. The Hall–Kier alpha value is -3.89. The number of carbonyl (C=O) groups is 1. The summed E-state index contributed by atoms with van der Waals surface area (Å²) in [5, 5.41) is 0. The van der Waals surface area contributed by atoms with Crippen LogP contribution >= 0.6 is 0 Å². The molecular formula is C29H24F7NO3. The van der Waals surface area contributed by atoms with E-state index in [9.17, 15) is 35.5 Å². The zero-order chi connectivity index (χ0) is 29.1. The number of esters is 1. The molecule has 11 heteroatoms. The molecule has 1 aliphatic carbocycles. The van der Waals surface area contributed by atoms with Crippen LogP contribution in [0, 0.1) is 0 Å². The van der Waals surface area contributed by atoms with Crippen LogP contribution in [0.15, 0.2) is 54.6 Å². The number of carbonyl (C=O) groups excluding carboxylic acids is 1. The average molecular weight is 568 g/mol. The van der Waals surface area contributed by atoms with Gasteiger partial charge in [-0.05, 0) is 90.9 Å². The van der Waals surface area contributed by atoms with E-state index in [-0.39, 0.29) is 41.5 Å². The third-order valence-electron chi connectivity index (χ3n) is 6.36. The number of nitrogens with zero attached hydrogens (tertiary/aromatic N) is 1. The summed E-state index contributed by atoms with van der Waals surface area (Å²) in [5.74, 6) is -0.659. The van der Waals surface area contributed by atoms with Gasteiger partial charge in [0.1, 0.15) is 24.7 Å². The molecule has 0 saturated heterocycles. The summed E-state index contributed by atoms with van der Waals surface area (Å²) in [6.45, 7) is 0.597. The first-order valence-electron chi connectivity index (χ1n) is 12.4. The number of rotatable bonds is 8. The minimum absolute atomic E-state index is 0.0769. The van der Waals surface area contributed by atoms with Crippen LogP contribution < -0.4 is 4.74 Å². The van der Waals surface area contributed by atoms with Gasteiger partial charge in [-0.1, -0.05) is 12.1 Å². The standard InChI is InChI=1S/C29H24F7NO3/c1-2-39-27(38)25-13-18(15-30)12-24(37-25)22-5-3-4-21(22)23-14-20(29(34,35)36)10-11-26(23)40-16-17-6-8-19(9-7-17)28(31,32)33/h6-14H,2-5,15-16H2,1H3. The fourth-order valence-electron chi connectivity index (χ4n) is 4.47. The quantitative estimate of drug-likeness (QED) is 0.203. The lowest BCUT2D eigenvalue weighted by Gasteiger charge is -2.17. The van der Waals surface area contributed by atoms with E-state index < -0.39 is 36.1 Å². The summed E-state index contributed by atoms with van der Waals surface area (Å²) >= 11 is 0. The first kappa shape index (κ1) is 29.1. The third-order valence-corrected chi connectivity index (χ3v) is 6.36. The van der Waals surface area contributed by atoms with Crippen LogP contribution in [-0.2, 0) is 30.4 Å². The zero-order valence-corrected chi connectivity index (χ0v) is 21.3. The summed E-state index contributed by atoms with van der Waals surface area (Å²) in [6, 6.07) is 9.95. The fraction of sp³-hybridized carbons (Fsp3) is 0.310. The normalized spacial score (nSPS) is 14.0. The van der Waals surface area contributed by atoms with Gasteiger partial charge in [0, 0.05) is 5.56 Å². The number of pyridine rings is 1. The van der Waals surface area contributed by atoms with E-state index in [1.165, 1.54) is 30.3 Å². The van der Waals surface area contributed by atoms with Crippen LogP contribution in [0.1, 0.15) is 70.2 Å².